The van der Waals surface area contributed by atoms with Crippen molar-refractivity contribution < 1.29 is 9.59 Å². The highest BCUT2D eigenvalue weighted by atomic mass is 32.1. The molecule has 2 aromatic heterocycles. The fraction of sp³-hybridized carbons (Fsp3) is 0.318. The van der Waals surface area contributed by atoms with Crippen molar-refractivity contribution >= 4 is 46.2 Å². The summed E-state index contributed by atoms with van der Waals surface area (Å²) in [6, 6.07) is 5.87. The van der Waals surface area contributed by atoms with Gasteiger partial charge in [-0.2, -0.15) is 5.10 Å². The van der Waals surface area contributed by atoms with Crippen LogP contribution in [0, 0.1) is 31.5 Å². The number of allylic oxidation sites excluding steroid dienone is 1. The average molecular weight is 469 g/mol. The van der Waals surface area contributed by atoms with Crippen LogP contribution in [0.5, 0.6) is 0 Å². The molecule has 0 saturated carbocycles. The van der Waals surface area contributed by atoms with E-state index >= 15 is 0 Å². The number of thiazole rings is 1. The van der Waals surface area contributed by atoms with Crippen LogP contribution in [0.2, 0.25) is 0 Å². The number of rotatable bonds is 6. The van der Waals surface area contributed by atoms with E-state index in [1.165, 1.54) is 11.3 Å². The molecule has 1 atom stereocenters. The zero-order chi connectivity index (χ0) is 23.0. The molecule has 1 aliphatic rings. The van der Waals surface area contributed by atoms with Crippen molar-refractivity contribution in [2.75, 3.05) is 16.8 Å². The van der Waals surface area contributed by atoms with Crippen LogP contribution in [0.25, 0.3) is 10.7 Å². The van der Waals surface area contributed by atoms with Crippen LogP contribution in [0.3, 0.4) is 0 Å². The maximum Gasteiger partial charge on any atom is 0.231 e. The Balaban J connectivity index is 1.51. The van der Waals surface area contributed by atoms with Gasteiger partial charge in [0, 0.05) is 25.2 Å². The standard InChI is InChI=1S/C22H24N6O2S2/c1-5-9-27-19(25-26-22(27)31)18-14(4)23-21(32-18)24-20(30)15-10-17(29)28(11-15)16-8-6-7-12(2)13(16)3/h5-8,15H,1,9-11H2,2-4H3,(H,26,31)(H,23,24,30). The van der Waals surface area contributed by atoms with Crippen LogP contribution in [0.1, 0.15) is 23.2 Å². The highest BCUT2D eigenvalue weighted by Crippen LogP contribution is 2.33. The van der Waals surface area contributed by atoms with Gasteiger partial charge >= 0.3 is 0 Å². The number of amides is 2. The van der Waals surface area contributed by atoms with Crippen LogP contribution >= 0.6 is 23.6 Å². The van der Waals surface area contributed by atoms with Gasteiger partial charge in [0.05, 0.1) is 16.5 Å². The lowest BCUT2D eigenvalue weighted by Crippen LogP contribution is -2.28. The monoisotopic (exact) mass is 468 g/mol. The summed E-state index contributed by atoms with van der Waals surface area (Å²) in [6.45, 7) is 10.5. The first kappa shape index (κ1) is 22.1. The lowest BCUT2D eigenvalue weighted by molar-refractivity contribution is -0.122. The molecule has 3 heterocycles. The number of hydrogen-bond donors (Lipinski definition) is 2. The van der Waals surface area contributed by atoms with Crippen molar-refractivity contribution in [2.24, 2.45) is 5.92 Å². The van der Waals surface area contributed by atoms with Crippen LogP contribution in [0.4, 0.5) is 10.8 Å². The highest BCUT2D eigenvalue weighted by Gasteiger charge is 2.36. The van der Waals surface area contributed by atoms with Gasteiger partial charge in [0.15, 0.2) is 15.7 Å². The van der Waals surface area contributed by atoms with Gasteiger partial charge in [-0.05, 0) is 50.2 Å². The number of anilines is 2. The molecule has 3 aromatic rings. The van der Waals surface area contributed by atoms with E-state index in [0.29, 0.717) is 28.8 Å². The predicted octanol–water partition coefficient (Wildman–Crippen LogP) is 4.17. The van der Waals surface area contributed by atoms with Gasteiger partial charge < -0.3 is 10.2 Å². The predicted molar refractivity (Wildman–Crippen MR) is 128 cm³/mol. The maximum absolute atomic E-state index is 12.9. The molecule has 1 aromatic carbocycles. The van der Waals surface area contributed by atoms with Gasteiger partial charge in [-0.1, -0.05) is 29.5 Å². The molecule has 0 spiro atoms. The van der Waals surface area contributed by atoms with Crippen LogP contribution < -0.4 is 10.2 Å². The summed E-state index contributed by atoms with van der Waals surface area (Å²) < 4.78 is 2.32. The van der Waals surface area contributed by atoms with E-state index in [-0.39, 0.29) is 18.2 Å². The molecule has 0 radical (unpaired) electrons. The highest BCUT2D eigenvalue weighted by molar-refractivity contribution is 7.71. The van der Waals surface area contributed by atoms with E-state index in [4.69, 9.17) is 12.2 Å². The summed E-state index contributed by atoms with van der Waals surface area (Å²) in [4.78, 5) is 32.6. The molecule has 1 fully saturated rings. The third kappa shape index (κ3) is 4.03. The number of aromatic nitrogens is 4. The second kappa shape index (κ2) is 8.79. The Morgan fingerprint density at radius 1 is 1.41 bits per heavy atom. The molecular weight excluding hydrogens is 444 g/mol. The molecule has 2 amide bonds. The number of aromatic amines is 1. The molecule has 166 valence electrons. The Hall–Kier alpha value is -3.11. The quantitative estimate of drug-likeness (QED) is 0.418. The molecule has 2 N–H and O–H groups in total. The molecule has 10 heteroatoms. The van der Waals surface area contributed by atoms with E-state index in [0.717, 1.165) is 27.4 Å². The fourth-order valence-electron chi connectivity index (χ4n) is 3.80. The van der Waals surface area contributed by atoms with E-state index in [9.17, 15) is 9.59 Å². The van der Waals surface area contributed by atoms with Gasteiger partial charge in [0.1, 0.15) is 0 Å². The van der Waals surface area contributed by atoms with Gasteiger partial charge in [0.25, 0.3) is 0 Å². The first-order valence-electron chi connectivity index (χ1n) is 10.2. The molecule has 1 aliphatic heterocycles. The summed E-state index contributed by atoms with van der Waals surface area (Å²) in [5.41, 5.74) is 3.77. The molecule has 32 heavy (non-hydrogen) atoms. The normalized spacial score (nSPS) is 15.9. The Kier molecular flexibility index (Phi) is 6.07. The maximum atomic E-state index is 12.9. The van der Waals surface area contributed by atoms with Crippen LogP contribution in [-0.4, -0.2) is 38.1 Å². The lowest BCUT2D eigenvalue weighted by atomic mass is 10.1. The lowest BCUT2D eigenvalue weighted by Gasteiger charge is -2.20. The molecule has 8 nitrogen and oxygen atoms in total. The zero-order valence-corrected chi connectivity index (χ0v) is 19.8. The summed E-state index contributed by atoms with van der Waals surface area (Å²) >= 11 is 6.62. The van der Waals surface area contributed by atoms with Crippen molar-refractivity contribution in [1.82, 2.24) is 19.7 Å². The van der Waals surface area contributed by atoms with Crippen LogP contribution in [-0.2, 0) is 16.1 Å². The van der Waals surface area contributed by atoms with E-state index in [2.05, 4.69) is 27.1 Å². The largest absolute Gasteiger partial charge is 0.311 e. The summed E-state index contributed by atoms with van der Waals surface area (Å²) in [5, 5.41) is 10.5. The Morgan fingerprint density at radius 3 is 2.94 bits per heavy atom. The Labute approximate surface area is 195 Å². The number of H-pyrrole nitrogens is 1. The minimum atomic E-state index is -0.439. The first-order valence-corrected chi connectivity index (χ1v) is 11.4. The molecule has 1 saturated heterocycles. The molecule has 4 rings (SSSR count). The number of nitrogens with zero attached hydrogens (tertiary/aromatic N) is 4. The van der Waals surface area contributed by atoms with Gasteiger partial charge in [-0.15, -0.1) is 6.58 Å². The topological polar surface area (TPSA) is 95.9 Å². The van der Waals surface area contributed by atoms with Crippen molar-refractivity contribution in [3.63, 3.8) is 0 Å². The minimum Gasteiger partial charge on any atom is -0.311 e. The third-order valence-electron chi connectivity index (χ3n) is 5.66. The van der Waals surface area contributed by atoms with Crippen molar-refractivity contribution in [2.45, 2.75) is 33.7 Å². The van der Waals surface area contributed by atoms with Crippen molar-refractivity contribution in [1.29, 1.82) is 0 Å². The number of benzene rings is 1. The molecule has 1 unspecified atom stereocenters. The average Bonchev–Trinajstić information content (AvgIpc) is 3.42. The number of carbonyl (C=O) groups excluding carboxylic acids is 2. The summed E-state index contributed by atoms with van der Waals surface area (Å²) in [5.74, 6) is -0.0424. The third-order valence-corrected chi connectivity index (χ3v) is 7.04. The van der Waals surface area contributed by atoms with Crippen LogP contribution in [0.15, 0.2) is 30.9 Å². The van der Waals surface area contributed by atoms with E-state index in [1.807, 2.05) is 43.5 Å². The number of nitrogens with one attached hydrogen (secondary N) is 2. The van der Waals surface area contributed by atoms with Crippen molar-refractivity contribution in [3.8, 4) is 10.7 Å². The van der Waals surface area contributed by atoms with E-state index < -0.39 is 5.92 Å². The second-order valence-electron chi connectivity index (χ2n) is 7.80. The van der Waals surface area contributed by atoms with Gasteiger partial charge in [0.2, 0.25) is 11.8 Å². The van der Waals surface area contributed by atoms with E-state index in [1.54, 1.807) is 11.0 Å². The summed E-state index contributed by atoms with van der Waals surface area (Å²) in [6.07, 6.45) is 1.92. The Bertz CT molecular complexity index is 1270. The summed E-state index contributed by atoms with van der Waals surface area (Å²) in [7, 11) is 0. The number of hydrogen-bond acceptors (Lipinski definition) is 6. The molecule has 0 aliphatic carbocycles. The SMILES string of the molecule is C=CCn1c(-c2sc(NC(=O)C3CC(=O)N(c4cccc(C)c4C)C3)nc2C)n[nH]c1=S. The second-order valence-corrected chi connectivity index (χ2v) is 9.18. The number of carbonyl (C=O) groups is 2. The van der Waals surface area contributed by atoms with Crippen molar-refractivity contribution in [3.05, 3.63) is 52.4 Å². The van der Waals surface area contributed by atoms with Gasteiger partial charge in [-0.25, -0.2) is 4.98 Å². The molecule has 0 bridgehead atoms. The van der Waals surface area contributed by atoms with Gasteiger partial charge in [-0.3, -0.25) is 19.3 Å². The molecular formula is C22H24N6O2S2. The minimum absolute atomic E-state index is 0.0465. The smallest absolute Gasteiger partial charge is 0.231 e. The fourth-order valence-corrected chi connectivity index (χ4v) is 4.97. The Morgan fingerprint density at radius 2 is 2.19 bits per heavy atom. The zero-order valence-electron chi connectivity index (χ0n) is 18.1. The number of aryl methyl sites for hydroxylation is 2. The first-order chi connectivity index (χ1) is 15.3.